The number of aromatic nitrogens is 2. The second kappa shape index (κ2) is 6.43. The summed E-state index contributed by atoms with van der Waals surface area (Å²) in [5.41, 5.74) is 2.32. The first kappa shape index (κ1) is 15.1. The topological polar surface area (TPSA) is 56.1 Å². The summed E-state index contributed by atoms with van der Waals surface area (Å²) in [6.07, 6.45) is 0. The lowest BCUT2D eigenvalue weighted by atomic mass is 10.1. The normalized spacial score (nSPS) is 10.7. The van der Waals surface area contributed by atoms with Gasteiger partial charge in [0, 0.05) is 19.2 Å². The van der Waals surface area contributed by atoms with Gasteiger partial charge in [-0.05, 0) is 36.2 Å². The van der Waals surface area contributed by atoms with Gasteiger partial charge in [-0.15, -0.1) is 0 Å². The average Bonchev–Trinajstić information content (AvgIpc) is 2.87. The quantitative estimate of drug-likeness (QED) is 0.919. The van der Waals surface area contributed by atoms with Crippen LogP contribution in [0.25, 0.3) is 11.3 Å². The molecule has 5 nitrogen and oxygen atoms in total. The van der Waals surface area contributed by atoms with Crippen molar-refractivity contribution in [2.45, 2.75) is 13.8 Å². The van der Waals surface area contributed by atoms with E-state index < -0.39 is 0 Å². The van der Waals surface area contributed by atoms with Crippen molar-refractivity contribution in [3.05, 3.63) is 36.0 Å². The molecule has 2 aromatic rings. The van der Waals surface area contributed by atoms with Crippen LogP contribution in [0.1, 0.15) is 24.3 Å². The van der Waals surface area contributed by atoms with Crippen molar-refractivity contribution in [3.8, 4) is 17.0 Å². The lowest BCUT2D eigenvalue weighted by Gasteiger charge is -2.04. The Hall–Kier alpha value is -2.30. The third kappa shape index (κ3) is 3.62. The number of carbonyl (C=O) groups excluding carboxylic acids is 1. The molecule has 0 aliphatic heterocycles. The predicted octanol–water partition coefficient (Wildman–Crippen LogP) is 2.48. The Morgan fingerprint density at radius 2 is 2.00 bits per heavy atom. The number of hydrogen-bond acceptors (Lipinski definition) is 3. The molecule has 0 unspecified atom stereocenters. The van der Waals surface area contributed by atoms with E-state index in [4.69, 9.17) is 4.74 Å². The van der Waals surface area contributed by atoms with Crippen molar-refractivity contribution in [2.75, 3.05) is 13.7 Å². The molecule has 112 valence electrons. The number of hydrogen-bond donors (Lipinski definition) is 1. The van der Waals surface area contributed by atoms with Gasteiger partial charge < -0.3 is 10.1 Å². The Kier molecular flexibility index (Phi) is 4.62. The fourth-order valence-electron chi connectivity index (χ4n) is 2.00. The van der Waals surface area contributed by atoms with E-state index in [0.29, 0.717) is 18.2 Å². The van der Waals surface area contributed by atoms with E-state index in [2.05, 4.69) is 24.3 Å². The first-order valence-corrected chi connectivity index (χ1v) is 6.98. The Bertz CT molecular complexity index is 615. The molecule has 0 spiro atoms. The summed E-state index contributed by atoms with van der Waals surface area (Å²) < 4.78 is 6.86. The Labute approximate surface area is 124 Å². The Balaban J connectivity index is 2.20. The van der Waals surface area contributed by atoms with Crippen molar-refractivity contribution in [3.63, 3.8) is 0 Å². The van der Waals surface area contributed by atoms with Crippen LogP contribution in [-0.2, 0) is 7.05 Å². The van der Waals surface area contributed by atoms with Crippen LogP contribution in [0.2, 0.25) is 0 Å². The standard InChI is InChI=1S/C16H21N3O2/c1-11(2)10-17-16(20)14-9-15(19(3)18-14)12-5-7-13(21-4)8-6-12/h5-9,11H,10H2,1-4H3,(H,17,20). The average molecular weight is 287 g/mol. The Morgan fingerprint density at radius 1 is 1.33 bits per heavy atom. The van der Waals surface area contributed by atoms with Gasteiger partial charge in [-0.2, -0.15) is 5.10 Å². The molecule has 0 saturated heterocycles. The minimum Gasteiger partial charge on any atom is -0.497 e. The molecule has 1 amide bonds. The van der Waals surface area contributed by atoms with Gasteiger partial charge in [-0.3, -0.25) is 9.48 Å². The molecule has 1 heterocycles. The largest absolute Gasteiger partial charge is 0.497 e. The number of rotatable bonds is 5. The number of amides is 1. The van der Waals surface area contributed by atoms with E-state index in [1.165, 1.54) is 0 Å². The van der Waals surface area contributed by atoms with Gasteiger partial charge in [-0.1, -0.05) is 13.8 Å². The lowest BCUT2D eigenvalue weighted by molar-refractivity contribution is 0.0943. The minimum absolute atomic E-state index is 0.140. The third-order valence-corrected chi connectivity index (χ3v) is 3.17. The van der Waals surface area contributed by atoms with Crippen molar-refractivity contribution < 1.29 is 9.53 Å². The molecule has 0 aliphatic rings. The van der Waals surface area contributed by atoms with Gasteiger partial charge in [0.1, 0.15) is 5.75 Å². The molecule has 0 bridgehead atoms. The summed E-state index contributed by atoms with van der Waals surface area (Å²) in [5, 5.41) is 7.15. The highest BCUT2D eigenvalue weighted by molar-refractivity contribution is 5.93. The monoisotopic (exact) mass is 287 g/mol. The summed E-state index contributed by atoms with van der Waals surface area (Å²) >= 11 is 0. The maximum Gasteiger partial charge on any atom is 0.271 e. The van der Waals surface area contributed by atoms with Gasteiger partial charge in [0.25, 0.3) is 5.91 Å². The predicted molar refractivity (Wildman–Crippen MR) is 82.4 cm³/mol. The second-order valence-electron chi connectivity index (χ2n) is 5.37. The smallest absolute Gasteiger partial charge is 0.271 e. The number of carbonyl (C=O) groups is 1. The summed E-state index contributed by atoms with van der Waals surface area (Å²) in [4.78, 5) is 12.0. The van der Waals surface area contributed by atoms with E-state index in [0.717, 1.165) is 17.0 Å². The fourth-order valence-corrected chi connectivity index (χ4v) is 2.00. The maximum atomic E-state index is 12.0. The zero-order valence-corrected chi connectivity index (χ0v) is 12.9. The van der Waals surface area contributed by atoms with Crippen LogP contribution < -0.4 is 10.1 Å². The van der Waals surface area contributed by atoms with Crippen molar-refractivity contribution in [1.82, 2.24) is 15.1 Å². The molecule has 21 heavy (non-hydrogen) atoms. The van der Waals surface area contributed by atoms with Crippen LogP contribution in [0.5, 0.6) is 5.75 Å². The second-order valence-corrected chi connectivity index (χ2v) is 5.37. The van der Waals surface area contributed by atoms with Gasteiger partial charge >= 0.3 is 0 Å². The third-order valence-electron chi connectivity index (χ3n) is 3.17. The summed E-state index contributed by atoms with van der Waals surface area (Å²) in [6, 6.07) is 9.48. The minimum atomic E-state index is -0.140. The molecule has 0 radical (unpaired) electrons. The Morgan fingerprint density at radius 3 is 2.57 bits per heavy atom. The van der Waals surface area contributed by atoms with Crippen molar-refractivity contribution in [1.29, 1.82) is 0 Å². The highest BCUT2D eigenvalue weighted by Crippen LogP contribution is 2.22. The summed E-state index contributed by atoms with van der Waals surface area (Å²) in [6.45, 7) is 4.76. The van der Waals surface area contributed by atoms with E-state index in [9.17, 15) is 4.79 Å². The number of nitrogens with zero attached hydrogens (tertiary/aromatic N) is 2. The molecule has 0 saturated carbocycles. The van der Waals surface area contributed by atoms with Gasteiger partial charge in [0.05, 0.1) is 12.8 Å². The summed E-state index contributed by atoms with van der Waals surface area (Å²) in [5.74, 6) is 1.08. The highest BCUT2D eigenvalue weighted by Gasteiger charge is 2.14. The number of nitrogens with one attached hydrogen (secondary N) is 1. The van der Waals surface area contributed by atoms with Crippen LogP contribution in [-0.4, -0.2) is 29.3 Å². The molecule has 0 atom stereocenters. The fraction of sp³-hybridized carbons (Fsp3) is 0.375. The molecule has 0 fully saturated rings. The van der Waals surface area contributed by atoms with Gasteiger partial charge in [0.2, 0.25) is 0 Å². The molecule has 0 aliphatic carbocycles. The molecule has 1 aromatic carbocycles. The first-order valence-electron chi connectivity index (χ1n) is 6.98. The number of ether oxygens (including phenoxy) is 1. The van der Waals surface area contributed by atoms with Crippen LogP contribution >= 0.6 is 0 Å². The lowest BCUT2D eigenvalue weighted by Crippen LogP contribution is -2.27. The molecular formula is C16H21N3O2. The van der Waals surface area contributed by atoms with Gasteiger partial charge in [-0.25, -0.2) is 0 Å². The van der Waals surface area contributed by atoms with E-state index in [1.54, 1.807) is 17.9 Å². The molecule has 2 rings (SSSR count). The summed E-state index contributed by atoms with van der Waals surface area (Å²) in [7, 11) is 3.47. The molecule has 5 heteroatoms. The number of aryl methyl sites for hydroxylation is 1. The van der Waals surface area contributed by atoms with Crippen molar-refractivity contribution >= 4 is 5.91 Å². The molecule has 1 aromatic heterocycles. The van der Waals surface area contributed by atoms with E-state index in [-0.39, 0.29) is 5.91 Å². The number of benzene rings is 1. The molecular weight excluding hydrogens is 266 g/mol. The van der Waals surface area contributed by atoms with Crippen molar-refractivity contribution in [2.24, 2.45) is 13.0 Å². The van der Waals surface area contributed by atoms with E-state index in [1.807, 2.05) is 31.3 Å². The zero-order valence-electron chi connectivity index (χ0n) is 12.9. The van der Waals surface area contributed by atoms with Crippen LogP contribution in [0, 0.1) is 5.92 Å². The number of methoxy groups -OCH3 is 1. The van der Waals surface area contributed by atoms with Crippen LogP contribution in [0.3, 0.4) is 0 Å². The van der Waals surface area contributed by atoms with Crippen LogP contribution in [0.15, 0.2) is 30.3 Å². The van der Waals surface area contributed by atoms with E-state index >= 15 is 0 Å². The van der Waals surface area contributed by atoms with Crippen LogP contribution in [0.4, 0.5) is 0 Å². The highest BCUT2D eigenvalue weighted by atomic mass is 16.5. The van der Waals surface area contributed by atoms with Gasteiger partial charge in [0.15, 0.2) is 5.69 Å². The SMILES string of the molecule is COc1ccc(-c2cc(C(=O)NCC(C)C)nn2C)cc1. The maximum absolute atomic E-state index is 12.0. The molecule has 1 N–H and O–H groups in total. The zero-order chi connectivity index (χ0) is 15.4. The first-order chi connectivity index (χ1) is 10.0.